The van der Waals surface area contributed by atoms with E-state index in [1.165, 1.54) is 17.0 Å². The van der Waals surface area contributed by atoms with Crippen LogP contribution >= 0.6 is 11.6 Å². The zero-order chi connectivity index (χ0) is 32.3. The summed E-state index contributed by atoms with van der Waals surface area (Å²) in [5.74, 6) is 0. The van der Waals surface area contributed by atoms with Crippen LogP contribution in [0.4, 0.5) is 24.5 Å². The maximum absolute atomic E-state index is 14.0. The van der Waals surface area contributed by atoms with Crippen LogP contribution in [0.5, 0.6) is 0 Å². The highest BCUT2D eigenvalue weighted by Gasteiger charge is 2.66. The fourth-order valence-corrected chi connectivity index (χ4v) is 5.75. The number of pyridine rings is 2. The highest BCUT2D eigenvalue weighted by atomic mass is 35.5. The molecule has 232 valence electrons. The van der Waals surface area contributed by atoms with Gasteiger partial charge in [-0.15, -0.1) is 5.10 Å². The molecule has 0 amide bonds. The first kappa shape index (κ1) is 30.4. The van der Waals surface area contributed by atoms with Gasteiger partial charge in [0.15, 0.2) is 5.54 Å². The van der Waals surface area contributed by atoms with E-state index in [4.69, 9.17) is 11.6 Å². The molecule has 5 aromatic rings. The topological polar surface area (TPSA) is 113 Å². The minimum absolute atomic E-state index is 0.0828. The summed E-state index contributed by atoms with van der Waals surface area (Å²) >= 11 is 6.74. The maximum atomic E-state index is 14.0. The molecule has 1 fully saturated rings. The monoisotopic (exact) mass is 634 g/mol. The predicted octanol–water partition coefficient (Wildman–Crippen LogP) is 6.91. The van der Waals surface area contributed by atoms with E-state index in [2.05, 4.69) is 52.8 Å². The Morgan fingerprint density at radius 3 is 2.56 bits per heavy atom. The summed E-state index contributed by atoms with van der Waals surface area (Å²) in [5, 5.41) is 26.7. The van der Waals surface area contributed by atoms with E-state index in [0.717, 1.165) is 4.68 Å². The summed E-state index contributed by atoms with van der Waals surface area (Å²) in [6.07, 6.45) is -0.230. The van der Waals surface area contributed by atoms with Gasteiger partial charge in [0.25, 0.3) is 5.56 Å². The lowest BCUT2D eigenvalue weighted by Crippen LogP contribution is -2.35. The van der Waals surface area contributed by atoms with Crippen LogP contribution in [-0.4, -0.2) is 37.3 Å². The highest BCUT2D eigenvalue weighted by Crippen LogP contribution is 2.55. The van der Waals surface area contributed by atoms with Gasteiger partial charge >= 0.3 is 6.18 Å². The summed E-state index contributed by atoms with van der Waals surface area (Å²) in [5.41, 5.74) is 0.326. The normalized spacial score (nSPS) is 15.2. The van der Waals surface area contributed by atoms with Crippen molar-refractivity contribution in [3.05, 3.63) is 87.2 Å². The van der Waals surface area contributed by atoms with Gasteiger partial charge in [0.1, 0.15) is 11.8 Å². The van der Waals surface area contributed by atoms with Gasteiger partial charge in [0.2, 0.25) is 0 Å². The summed E-state index contributed by atoms with van der Waals surface area (Å²) in [6.45, 7) is 6.76. The van der Waals surface area contributed by atoms with Crippen molar-refractivity contribution in [1.82, 2.24) is 24.5 Å². The van der Waals surface area contributed by atoms with Crippen molar-refractivity contribution in [2.45, 2.75) is 51.4 Å². The van der Waals surface area contributed by atoms with Gasteiger partial charge in [-0.05, 0) is 53.5 Å². The molecule has 0 saturated heterocycles. The zero-order valence-electron chi connectivity index (χ0n) is 25.0. The lowest BCUT2D eigenvalue weighted by atomic mass is 9.96. The lowest BCUT2D eigenvalue weighted by molar-refractivity contribution is -0.182. The Labute approximate surface area is 261 Å². The molecule has 0 aliphatic heterocycles. The summed E-state index contributed by atoms with van der Waals surface area (Å²) in [6, 6.07) is 11.8. The number of fused-ring (bicyclic) bond motifs is 2. The number of hydrogen-bond donors (Lipinski definition) is 2. The van der Waals surface area contributed by atoms with Crippen LogP contribution in [-0.2, 0) is 12.6 Å². The Bertz CT molecular complexity index is 2050. The molecule has 6 rings (SSSR count). The third kappa shape index (κ3) is 5.46. The standard InChI is InChI=1S/C32H30ClF3N8O/c1-30(2,3)17-39-26-18(14-37)15-38-27-23(26)12-19(13-24(27)33)40-28(21-6-5-7-22-20(21)8-11-43(4)29(22)45)25-16-44(42-41-25)31(9-10-31)32(34,35)36/h5-8,11-13,15-16,28,40H,9-10,17H2,1-4H3,(H,38,39)/t28-/m0/s1. The molecule has 45 heavy (non-hydrogen) atoms. The summed E-state index contributed by atoms with van der Waals surface area (Å²) in [4.78, 5) is 17.4. The van der Waals surface area contributed by atoms with Gasteiger partial charge in [-0.1, -0.05) is 49.7 Å². The molecular weight excluding hydrogens is 605 g/mol. The van der Waals surface area contributed by atoms with Crippen molar-refractivity contribution in [1.29, 1.82) is 5.26 Å². The molecule has 3 heterocycles. The van der Waals surface area contributed by atoms with Crippen LogP contribution in [0.25, 0.3) is 21.7 Å². The van der Waals surface area contributed by atoms with E-state index in [-0.39, 0.29) is 29.5 Å². The number of halogens is 4. The van der Waals surface area contributed by atoms with Gasteiger partial charge in [0.05, 0.1) is 34.0 Å². The van der Waals surface area contributed by atoms with Gasteiger partial charge < -0.3 is 15.2 Å². The molecule has 1 atom stereocenters. The lowest BCUT2D eigenvalue weighted by Gasteiger charge is -2.23. The van der Waals surface area contributed by atoms with Crippen LogP contribution in [0.2, 0.25) is 5.02 Å². The number of anilines is 2. The van der Waals surface area contributed by atoms with Crippen LogP contribution in [0.3, 0.4) is 0 Å². The van der Waals surface area contributed by atoms with E-state index in [1.807, 2.05) is 0 Å². The van der Waals surface area contributed by atoms with Crippen LogP contribution in [0, 0.1) is 16.7 Å². The van der Waals surface area contributed by atoms with Crippen LogP contribution in [0.1, 0.15) is 56.5 Å². The molecule has 0 radical (unpaired) electrons. The first-order chi connectivity index (χ1) is 21.2. The second kappa shape index (κ2) is 10.8. The Morgan fingerprint density at radius 1 is 1.13 bits per heavy atom. The Hall–Kier alpha value is -4.63. The van der Waals surface area contributed by atoms with Crippen molar-refractivity contribution < 1.29 is 13.2 Å². The number of hydrogen-bond acceptors (Lipinski definition) is 7. The van der Waals surface area contributed by atoms with Crippen molar-refractivity contribution in [3.8, 4) is 6.07 Å². The first-order valence-electron chi connectivity index (χ1n) is 14.3. The molecule has 3 aromatic heterocycles. The second-order valence-electron chi connectivity index (χ2n) is 12.7. The Balaban J connectivity index is 1.52. The Morgan fingerprint density at radius 2 is 1.89 bits per heavy atom. The molecule has 0 bridgehead atoms. The average molecular weight is 635 g/mol. The number of benzene rings is 2. The van der Waals surface area contributed by atoms with Gasteiger partial charge in [0, 0.05) is 42.4 Å². The summed E-state index contributed by atoms with van der Waals surface area (Å²) in [7, 11) is 1.65. The SMILES string of the molecule is Cn1ccc2c([C@H](Nc3cc(Cl)c4ncc(C#N)c(NCC(C)(C)C)c4c3)c3cn(C4(C(F)(F)F)CC4)nn3)cccc2c1=O. The van der Waals surface area contributed by atoms with E-state index >= 15 is 0 Å². The van der Waals surface area contributed by atoms with Crippen LogP contribution in [0.15, 0.2) is 59.8 Å². The molecule has 0 spiro atoms. The highest BCUT2D eigenvalue weighted by molar-refractivity contribution is 6.35. The average Bonchev–Trinajstić information content (AvgIpc) is 3.67. The minimum atomic E-state index is -4.49. The van der Waals surface area contributed by atoms with Gasteiger partial charge in [-0.3, -0.25) is 9.78 Å². The maximum Gasteiger partial charge on any atom is 0.413 e. The van der Waals surface area contributed by atoms with E-state index < -0.39 is 17.8 Å². The number of nitrogens with zero attached hydrogens (tertiary/aromatic N) is 6. The smallest absolute Gasteiger partial charge is 0.383 e. The van der Waals surface area contributed by atoms with Gasteiger partial charge in [-0.2, -0.15) is 18.4 Å². The molecule has 2 aromatic carbocycles. The molecule has 9 nitrogen and oxygen atoms in total. The number of nitrogens with one attached hydrogen (secondary N) is 2. The van der Waals surface area contributed by atoms with Crippen molar-refractivity contribution in [2.24, 2.45) is 12.5 Å². The number of aryl methyl sites for hydroxylation is 1. The third-order valence-electron chi connectivity index (χ3n) is 8.11. The van der Waals surface area contributed by atoms with Crippen molar-refractivity contribution in [3.63, 3.8) is 0 Å². The molecule has 1 aliphatic rings. The fraction of sp³-hybridized carbons (Fsp3) is 0.344. The first-order valence-corrected chi connectivity index (χ1v) is 14.7. The van der Waals surface area contributed by atoms with Gasteiger partial charge in [-0.25, -0.2) is 4.68 Å². The number of alkyl halides is 3. The molecule has 2 N–H and O–H groups in total. The predicted molar refractivity (Wildman–Crippen MR) is 167 cm³/mol. The minimum Gasteiger partial charge on any atom is -0.383 e. The Kier molecular flexibility index (Phi) is 7.27. The molecule has 13 heteroatoms. The number of nitriles is 1. The zero-order valence-corrected chi connectivity index (χ0v) is 25.8. The van der Waals surface area contributed by atoms with E-state index in [9.17, 15) is 23.2 Å². The summed E-state index contributed by atoms with van der Waals surface area (Å²) < 4.78 is 44.3. The number of aromatic nitrogens is 5. The number of rotatable bonds is 7. The molecular formula is C32H30ClF3N8O. The van der Waals surface area contributed by atoms with E-state index in [0.29, 0.717) is 55.7 Å². The van der Waals surface area contributed by atoms with E-state index in [1.54, 1.807) is 49.6 Å². The van der Waals surface area contributed by atoms with Crippen molar-refractivity contribution in [2.75, 3.05) is 17.2 Å². The fourth-order valence-electron chi connectivity index (χ4n) is 5.48. The molecule has 0 unspecified atom stereocenters. The van der Waals surface area contributed by atoms with Crippen LogP contribution < -0.4 is 16.2 Å². The second-order valence-corrected chi connectivity index (χ2v) is 13.1. The third-order valence-corrected chi connectivity index (χ3v) is 8.40. The largest absolute Gasteiger partial charge is 0.413 e. The molecule has 1 saturated carbocycles. The van der Waals surface area contributed by atoms with Crippen molar-refractivity contribution >= 4 is 44.7 Å². The quantitative estimate of drug-likeness (QED) is 0.200. The molecule has 1 aliphatic carbocycles.